The molecule has 14 heavy (non-hydrogen) atoms. The molecule has 4 nitrogen and oxygen atoms in total. The Labute approximate surface area is 82.1 Å². The maximum atomic E-state index is 11.3. The summed E-state index contributed by atoms with van der Waals surface area (Å²) >= 11 is 0. The largest absolute Gasteiger partial charge is 0.464 e. The predicted octanol–water partition coefficient (Wildman–Crippen LogP) is 0.793. The smallest absolute Gasteiger partial charge is 0.354 e. The fraction of sp³-hybridized carbons (Fsp3) is 0.500. The first-order valence-corrected chi connectivity index (χ1v) is 4.55. The zero-order chi connectivity index (χ0) is 10.3. The van der Waals surface area contributed by atoms with Gasteiger partial charge in [-0.05, 0) is 25.0 Å². The highest BCUT2D eigenvalue weighted by Gasteiger charge is 2.44. The highest BCUT2D eigenvalue weighted by molar-refractivity contribution is 5.87. The summed E-state index contributed by atoms with van der Waals surface area (Å²) in [5.74, 6) is -0.372. The summed E-state index contributed by atoms with van der Waals surface area (Å²) in [4.78, 5) is 11.3. The minimum Gasteiger partial charge on any atom is -0.464 e. The standard InChI is InChI=1S/C10H13NO3/c1-11-7(9(12)14-2)3-4-8(11)10(13)5-6-10/h3-4,13H,5-6H2,1-2H3. The van der Waals surface area contributed by atoms with E-state index in [1.54, 1.807) is 23.7 Å². The highest BCUT2D eigenvalue weighted by Crippen LogP contribution is 2.45. The summed E-state index contributed by atoms with van der Waals surface area (Å²) in [6, 6.07) is 3.46. The van der Waals surface area contributed by atoms with Crippen LogP contribution in [0.2, 0.25) is 0 Å². The van der Waals surface area contributed by atoms with Crippen molar-refractivity contribution < 1.29 is 14.6 Å². The van der Waals surface area contributed by atoms with Crippen molar-refractivity contribution in [1.29, 1.82) is 0 Å². The van der Waals surface area contributed by atoms with Gasteiger partial charge in [-0.2, -0.15) is 0 Å². The van der Waals surface area contributed by atoms with E-state index in [2.05, 4.69) is 4.74 Å². The van der Waals surface area contributed by atoms with Crippen LogP contribution in [-0.4, -0.2) is 22.8 Å². The monoisotopic (exact) mass is 195 g/mol. The highest BCUT2D eigenvalue weighted by atomic mass is 16.5. The summed E-state index contributed by atoms with van der Waals surface area (Å²) in [6.45, 7) is 0. The third-order valence-electron chi connectivity index (χ3n) is 2.72. The maximum Gasteiger partial charge on any atom is 0.354 e. The number of carbonyl (C=O) groups excluding carboxylic acids is 1. The third-order valence-corrected chi connectivity index (χ3v) is 2.72. The van der Waals surface area contributed by atoms with Crippen LogP contribution in [0.3, 0.4) is 0 Å². The van der Waals surface area contributed by atoms with Gasteiger partial charge in [-0.3, -0.25) is 0 Å². The molecular formula is C10H13NO3. The topological polar surface area (TPSA) is 51.5 Å². The molecule has 0 aliphatic heterocycles. The number of rotatable bonds is 2. The summed E-state index contributed by atoms with van der Waals surface area (Å²) < 4.78 is 6.32. The van der Waals surface area contributed by atoms with Crippen molar-refractivity contribution in [3.8, 4) is 0 Å². The Morgan fingerprint density at radius 2 is 2.21 bits per heavy atom. The van der Waals surface area contributed by atoms with Crippen LogP contribution >= 0.6 is 0 Å². The summed E-state index contributed by atoms with van der Waals surface area (Å²) in [5.41, 5.74) is 0.557. The fourth-order valence-electron chi connectivity index (χ4n) is 1.66. The van der Waals surface area contributed by atoms with E-state index in [0.29, 0.717) is 5.69 Å². The van der Waals surface area contributed by atoms with Gasteiger partial charge < -0.3 is 14.4 Å². The Morgan fingerprint density at radius 3 is 2.71 bits per heavy atom. The van der Waals surface area contributed by atoms with E-state index in [4.69, 9.17) is 0 Å². The quantitative estimate of drug-likeness (QED) is 0.710. The fourth-order valence-corrected chi connectivity index (χ4v) is 1.66. The maximum absolute atomic E-state index is 11.3. The molecule has 0 atom stereocenters. The van der Waals surface area contributed by atoms with Gasteiger partial charge in [0.1, 0.15) is 11.3 Å². The van der Waals surface area contributed by atoms with Crippen LogP contribution in [0.5, 0.6) is 0 Å². The molecule has 1 aromatic heterocycles. The van der Waals surface area contributed by atoms with E-state index < -0.39 is 5.60 Å². The second-order valence-corrected chi connectivity index (χ2v) is 3.69. The lowest BCUT2D eigenvalue weighted by atomic mass is 10.2. The van der Waals surface area contributed by atoms with Crippen molar-refractivity contribution in [2.75, 3.05) is 7.11 Å². The van der Waals surface area contributed by atoms with Crippen LogP contribution in [-0.2, 0) is 17.4 Å². The summed E-state index contributed by atoms with van der Waals surface area (Å²) in [7, 11) is 3.11. The van der Waals surface area contributed by atoms with Gasteiger partial charge >= 0.3 is 5.97 Å². The number of aromatic nitrogens is 1. The van der Waals surface area contributed by atoms with Crippen LogP contribution in [0, 0.1) is 0 Å². The molecule has 4 heteroatoms. The average Bonchev–Trinajstić information content (AvgIpc) is 2.77. The SMILES string of the molecule is COC(=O)c1ccc(C2(O)CC2)n1C. The number of esters is 1. The molecule has 1 heterocycles. The Balaban J connectivity index is 2.37. The third kappa shape index (κ3) is 1.23. The van der Waals surface area contributed by atoms with Crippen molar-refractivity contribution in [3.05, 3.63) is 23.5 Å². The molecule has 1 aromatic rings. The van der Waals surface area contributed by atoms with Gasteiger partial charge in [0, 0.05) is 12.7 Å². The van der Waals surface area contributed by atoms with Crippen LogP contribution in [0.15, 0.2) is 12.1 Å². The van der Waals surface area contributed by atoms with Gasteiger partial charge in [-0.15, -0.1) is 0 Å². The number of ether oxygens (including phenoxy) is 1. The van der Waals surface area contributed by atoms with E-state index >= 15 is 0 Å². The van der Waals surface area contributed by atoms with Crippen LogP contribution < -0.4 is 0 Å². The average molecular weight is 195 g/mol. The molecule has 1 fully saturated rings. The number of hydrogen-bond donors (Lipinski definition) is 1. The van der Waals surface area contributed by atoms with Crippen LogP contribution in [0.4, 0.5) is 0 Å². The molecule has 1 aliphatic rings. The Hall–Kier alpha value is -1.29. The molecule has 0 spiro atoms. The molecule has 0 saturated heterocycles. The van der Waals surface area contributed by atoms with E-state index in [0.717, 1.165) is 18.5 Å². The molecule has 0 radical (unpaired) electrons. The normalized spacial score (nSPS) is 17.9. The van der Waals surface area contributed by atoms with Crippen molar-refractivity contribution >= 4 is 5.97 Å². The van der Waals surface area contributed by atoms with Crippen molar-refractivity contribution in [2.24, 2.45) is 7.05 Å². The molecule has 0 aromatic carbocycles. The molecule has 1 N–H and O–H groups in total. The first kappa shape index (κ1) is 9.27. The van der Waals surface area contributed by atoms with E-state index in [-0.39, 0.29) is 5.97 Å². The lowest BCUT2D eigenvalue weighted by molar-refractivity contribution is 0.0588. The molecule has 76 valence electrons. The lowest BCUT2D eigenvalue weighted by Crippen LogP contribution is -2.14. The molecule has 1 aliphatic carbocycles. The molecule has 0 unspecified atom stereocenters. The molecule has 0 amide bonds. The van der Waals surface area contributed by atoms with Gasteiger partial charge in [0.2, 0.25) is 0 Å². The van der Waals surface area contributed by atoms with E-state index in [1.807, 2.05) is 0 Å². The van der Waals surface area contributed by atoms with Crippen LogP contribution in [0.25, 0.3) is 0 Å². The molecule has 0 bridgehead atoms. The summed E-state index contributed by atoms with van der Waals surface area (Å²) in [6.07, 6.45) is 1.54. The molecular weight excluding hydrogens is 182 g/mol. The van der Waals surface area contributed by atoms with Crippen molar-refractivity contribution in [1.82, 2.24) is 4.57 Å². The Morgan fingerprint density at radius 1 is 1.57 bits per heavy atom. The second kappa shape index (κ2) is 2.85. The summed E-state index contributed by atoms with van der Waals surface area (Å²) in [5, 5.41) is 9.88. The first-order chi connectivity index (χ1) is 6.58. The second-order valence-electron chi connectivity index (χ2n) is 3.69. The zero-order valence-electron chi connectivity index (χ0n) is 8.28. The molecule has 1 saturated carbocycles. The predicted molar refractivity (Wildman–Crippen MR) is 49.9 cm³/mol. The van der Waals surface area contributed by atoms with Gasteiger partial charge in [-0.1, -0.05) is 0 Å². The van der Waals surface area contributed by atoms with E-state index in [9.17, 15) is 9.90 Å². The number of nitrogens with zero attached hydrogens (tertiary/aromatic N) is 1. The Kier molecular flexibility index (Phi) is 1.89. The van der Waals surface area contributed by atoms with Gasteiger partial charge in [0.05, 0.1) is 7.11 Å². The number of carbonyl (C=O) groups is 1. The number of hydrogen-bond acceptors (Lipinski definition) is 3. The lowest BCUT2D eigenvalue weighted by Gasteiger charge is -2.10. The number of methoxy groups -OCH3 is 1. The van der Waals surface area contributed by atoms with Crippen molar-refractivity contribution in [2.45, 2.75) is 18.4 Å². The molecule has 2 rings (SSSR count). The van der Waals surface area contributed by atoms with Crippen LogP contribution in [0.1, 0.15) is 29.0 Å². The van der Waals surface area contributed by atoms with Crippen molar-refractivity contribution in [3.63, 3.8) is 0 Å². The number of aliphatic hydroxyl groups is 1. The minimum absolute atomic E-state index is 0.372. The first-order valence-electron chi connectivity index (χ1n) is 4.55. The van der Waals surface area contributed by atoms with Gasteiger partial charge in [-0.25, -0.2) is 4.79 Å². The van der Waals surface area contributed by atoms with Gasteiger partial charge in [0.15, 0.2) is 0 Å². The van der Waals surface area contributed by atoms with Gasteiger partial charge in [0.25, 0.3) is 0 Å². The Bertz CT molecular complexity index is 377. The minimum atomic E-state index is -0.707. The zero-order valence-corrected chi connectivity index (χ0v) is 8.28. The van der Waals surface area contributed by atoms with E-state index in [1.165, 1.54) is 7.11 Å².